The average Bonchev–Trinajstić information content (AvgIpc) is 3.56. The number of aliphatic hydroxyl groups is 1. The summed E-state index contributed by atoms with van der Waals surface area (Å²) in [6, 6.07) is 6.68. The number of aromatic nitrogens is 1. The zero-order valence-corrected chi connectivity index (χ0v) is 19.8. The molecule has 2 aromatic rings. The van der Waals surface area contributed by atoms with E-state index in [1.807, 2.05) is 36.7 Å². The minimum Gasteiger partial charge on any atom is -0.391 e. The van der Waals surface area contributed by atoms with Gasteiger partial charge >= 0.3 is 0 Å². The first-order valence-electron chi connectivity index (χ1n) is 11.4. The highest BCUT2D eigenvalue weighted by molar-refractivity contribution is 7.13. The molecule has 3 amide bonds. The van der Waals surface area contributed by atoms with E-state index in [0.29, 0.717) is 25.9 Å². The lowest BCUT2D eigenvalue weighted by Crippen LogP contribution is -2.52. The van der Waals surface area contributed by atoms with E-state index in [4.69, 9.17) is 0 Å². The Morgan fingerprint density at radius 3 is 2.61 bits per heavy atom. The van der Waals surface area contributed by atoms with Gasteiger partial charge in [-0.25, -0.2) is 4.98 Å². The molecule has 0 bridgehead atoms. The van der Waals surface area contributed by atoms with Gasteiger partial charge in [0, 0.05) is 32.5 Å². The number of aliphatic hydroxyl groups excluding tert-OH is 1. The van der Waals surface area contributed by atoms with Crippen LogP contribution in [-0.4, -0.2) is 68.9 Å². The predicted molar refractivity (Wildman–Crippen MR) is 125 cm³/mol. The number of likely N-dealkylation sites (tertiary alicyclic amines) is 2. The average molecular weight is 471 g/mol. The van der Waals surface area contributed by atoms with E-state index in [9.17, 15) is 19.5 Å². The van der Waals surface area contributed by atoms with E-state index >= 15 is 0 Å². The van der Waals surface area contributed by atoms with Gasteiger partial charge in [0.15, 0.2) is 0 Å². The second-order valence-electron chi connectivity index (χ2n) is 8.68. The lowest BCUT2D eigenvalue weighted by molar-refractivity contribution is -0.146. The van der Waals surface area contributed by atoms with Crippen molar-refractivity contribution in [2.45, 2.75) is 64.3 Å². The van der Waals surface area contributed by atoms with Crippen LogP contribution in [0.5, 0.6) is 0 Å². The Morgan fingerprint density at radius 2 is 1.94 bits per heavy atom. The fourth-order valence-corrected chi connectivity index (χ4v) is 5.49. The lowest BCUT2D eigenvalue weighted by Gasteiger charge is -2.30. The zero-order chi connectivity index (χ0) is 23.5. The molecule has 2 saturated heterocycles. The van der Waals surface area contributed by atoms with E-state index in [1.165, 1.54) is 4.90 Å². The number of rotatable bonds is 6. The first kappa shape index (κ1) is 23.4. The molecule has 176 valence electrons. The number of nitrogens with one attached hydrogen (secondary N) is 1. The van der Waals surface area contributed by atoms with E-state index in [-0.39, 0.29) is 30.7 Å². The Hall–Kier alpha value is -2.78. The monoisotopic (exact) mass is 470 g/mol. The molecule has 2 aliphatic heterocycles. The van der Waals surface area contributed by atoms with Crippen molar-refractivity contribution in [3.8, 4) is 10.4 Å². The highest BCUT2D eigenvalue weighted by atomic mass is 32.1. The standard InChI is InChI=1S/C24H30N4O4S/c1-3-21(30)27-10-4-5-19(27)24(32)28-13-18(29)11-20(28)23(31)25-12-16-6-8-17(9-7-16)22-15(2)26-14-33-22/h6-9,14,18-20,29H,3-5,10-13H2,1-2H3,(H,25,31). The highest BCUT2D eigenvalue weighted by Gasteiger charge is 2.44. The number of hydrogen-bond donors (Lipinski definition) is 2. The summed E-state index contributed by atoms with van der Waals surface area (Å²) in [6.45, 7) is 4.77. The molecule has 2 fully saturated rings. The number of thiazole rings is 1. The fraction of sp³-hybridized carbons (Fsp3) is 0.500. The number of aryl methyl sites for hydroxylation is 1. The first-order chi connectivity index (χ1) is 15.9. The van der Waals surface area contributed by atoms with E-state index in [1.54, 1.807) is 23.2 Å². The maximum Gasteiger partial charge on any atom is 0.246 e. The Morgan fingerprint density at radius 1 is 1.18 bits per heavy atom. The Balaban J connectivity index is 1.39. The van der Waals surface area contributed by atoms with Crippen LogP contribution >= 0.6 is 11.3 Å². The summed E-state index contributed by atoms with van der Waals surface area (Å²) in [5.74, 6) is -0.576. The molecule has 0 aliphatic carbocycles. The number of amides is 3. The van der Waals surface area contributed by atoms with Gasteiger partial charge in [-0.15, -0.1) is 11.3 Å². The number of β-amino-alcohol motifs (C(OH)–C–C–N with tert-alkyl or cyclic N) is 1. The summed E-state index contributed by atoms with van der Waals surface area (Å²) >= 11 is 1.59. The first-order valence-corrected chi connectivity index (χ1v) is 12.3. The van der Waals surface area contributed by atoms with Crippen molar-refractivity contribution >= 4 is 29.1 Å². The van der Waals surface area contributed by atoms with Crippen molar-refractivity contribution in [2.24, 2.45) is 0 Å². The zero-order valence-electron chi connectivity index (χ0n) is 19.0. The van der Waals surface area contributed by atoms with Crippen molar-refractivity contribution in [3.63, 3.8) is 0 Å². The van der Waals surface area contributed by atoms with Crippen LogP contribution in [0.2, 0.25) is 0 Å². The van der Waals surface area contributed by atoms with Gasteiger partial charge in [0.2, 0.25) is 17.7 Å². The smallest absolute Gasteiger partial charge is 0.246 e. The van der Waals surface area contributed by atoms with Gasteiger partial charge in [0.1, 0.15) is 12.1 Å². The topological polar surface area (TPSA) is 103 Å². The molecule has 2 N–H and O–H groups in total. The van der Waals surface area contributed by atoms with Crippen LogP contribution in [0.1, 0.15) is 43.9 Å². The highest BCUT2D eigenvalue weighted by Crippen LogP contribution is 2.28. The Labute approximate surface area is 197 Å². The lowest BCUT2D eigenvalue weighted by atomic mass is 10.1. The molecule has 2 aliphatic rings. The molecule has 8 nitrogen and oxygen atoms in total. The van der Waals surface area contributed by atoms with Crippen LogP contribution in [0.4, 0.5) is 0 Å². The van der Waals surface area contributed by atoms with Gasteiger partial charge in [-0.3, -0.25) is 14.4 Å². The van der Waals surface area contributed by atoms with Gasteiger partial charge in [-0.2, -0.15) is 0 Å². The normalized spacial score (nSPS) is 22.6. The molecular weight excluding hydrogens is 440 g/mol. The molecule has 9 heteroatoms. The second kappa shape index (κ2) is 10.0. The summed E-state index contributed by atoms with van der Waals surface area (Å²) in [6.07, 6.45) is 1.17. The molecule has 0 radical (unpaired) electrons. The maximum absolute atomic E-state index is 13.2. The molecule has 1 aromatic heterocycles. The third kappa shape index (κ3) is 4.94. The van der Waals surface area contributed by atoms with Crippen LogP contribution in [0.3, 0.4) is 0 Å². The van der Waals surface area contributed by atoms with E-state index < -0.39 is 18.2 Å². The molecule has 0 spiro atoms. The number of carbonyl (C=O) groups excluding carboxylic acids is 3. The molecule has 3 atom stereocenters. The maximum atomic E-state index is 13.2. The molecular formula is C24H30N4O4S. The van der Waals surface area contributed by atoms with Crippen molar-refractivity contribution in [3.05, 3.63) is 41.0 Å². The van der Waals surface area contributed by atoms with Crippen LogP contribution in [-0.2, 0) is 20.9 Å². The molecule has 0 saturated carbocycles. The second-order valence-corrected chi connectivity index (χ2v) is 9.53. The van der Waals surface area contributed by atoms with Crippen LogP contribution in [0, 0.1) is 6.92 Å². The molecule has 3 unspecified atom stereocenters. The van der Waals surface area contributed by atoms with Crippen molar-refractivity contribution in [2.75, 3.05) is 13.1 Å². The van der Waals surface area contributed by atoms with E-state index in [0.717, 1.165) is 28.1 Å². The van der Waals surface area contributed by atoms with Crippen molar-refractivity contribution in [1.82, 2.24) is 20.1 Å². The van der Waals surface area contributed by atoms with Crippen molar-refractivity contribution in [1.29, 1.82) is 0 Å². The summed E-state index contributed by atoms with van der Waals surface area (Å²) in [5.41, 5.74) is 4.85. The van der Waals surface area contributed by atoms with Gasteiger partial charge in [0.25, 0.3) is 0 Å². The van der Waals surface area contributed by atoms with Crippen LogP contribution in [0.25, 0.3) is 10.4 Å². The van der Waals surface area contributed by atoms with Gasteiger partial charge in [-0.1, -0.05) is 31.2 Å². The molecule has 4 rings (SSSR count). The fourth-order valence-electron chi connectivity index (χ4n) is 4.68. The summed E-state index contributed by atoms with van der Waals surface area (Å²) in [5, 5.41) is 13.1. The number of benzene rings is 1. The summed E-state index contributed by atoms with van der Waals surface area (Å²) in [7, 11) is 0. The third-order valence-electron chi connectivity index (χ3n) is 6.45. The van der Waals surface area contributed by atoms with Crippen LogP contribution in [0.15, 0.2) is 29.8 Å². The van der Waals surface area contributed by atoms with Gasteiger partial charge in [0.05, 0.1) is 22.2 Å². The quantitative estimate of drug-likeness (QED) is 0.673. The minimum absolute atomic E-state index is 0.0523. The number of hydrogen-bond acceptors (Lipinski definition) is 6. The Kier molecular flexibility index (Phi) is 7.09. The van der Waals surface area contributed by atoms with Gasteiger partial charge < -0.3 is 20.2 Å². The minimum atomic E-state index is -0.747. The number of carbonyl (C=O) groups is 3. The van der Waals surface area contributed by atoms with Crippen molar-refractivity contribution < 1.29 is 19.5 Å². The SMILES string of the molecule is CCC(=O)N1CCCC1C(=O)N1CC(O)CC1C(=O)NCc1ccc(-c2scnc2C)cc1. The predicted octanol–water partition coefficient (Wildman–Crippen LogP) is 2.10. The summed E-state index contributed by atoms with van der Waals surface area (Å²) in [4.78, 5) is 46.9. The molecule has 3 heterocycles. The summed E-state index contributed by atoms with van der Waals surface area (Å²) < 4.78 is 0. The Bertz CT molecular complexity index is 1020. The third-order valence-corrected chi connectivity index (χ3v) is 7.43. The van der Waals surface area contributed by atoms with E-state index in [2.05, 4.69) is 10.3 Å². The largest absolute Gasteiger partial charge is 0.391 e. The number of nitrogens with zero attached hydrogens (tertiary/aromatic N) is 3. The molecule has 1 aromatic carbocycles. The van der Waals surface area contributed by atoms with Crippen LogP contribution < -0.4 is 5.32 Å². The molecule has 33 heavy (non-hydrogen) atoms. The van der Waals surface area contributed by atoms with Gasteiger partial charge in [-0.05, 0) is 30.9 Å².